The minimum Gasteiger partial charge on any atom is -0.448 e. The molecular weight excluding hydrogens is 360 g/mol. The van der Waals surface area contributed by atoms with Gasteiger partial charge in [0.2, 0.25) is 0 Å². The fourth-order valence-corrected chi connectivity index (χ4v) is 3.90. The third-order valence-corrected chi connectivity index (χ3v) is 4.99. The molecule has 0 radical (unpaired) electrons. The van der Waals surface area contributed by atoms with E-state index in [0.29, 0.717) is 19.7 Å². The summed E-state index contributed by atoms with van der Waals surface area (Å²) >= 11 is 0. The van der Waals surface area contributed by atoms with Gasteiger partial charge in [0.05, 0.1) is 5.71 Å². The van der Waals surface area contributed by atoms with E-state index in [0.717, 1.165) is 31.4 Å². The summed E-state index contributed by atoms with van der Waals surface area (Å²) in [5, 5.41) is 9.59. The van der Waals surface area contributed by atoms with Crippen molar-refractivity contribution in [1.82, 2.24) is 15.5 Å². The van der Waals surface area contributed by atoms with E-state index in [9.17, 15) is 9.59 Å². The highest BCUT2D eigenvalue weighted by atomic mass is 16.7. The Hall–Kier alpha value is -1.83. The van der Waals surface area contributed by atoms with Crippen molar-refractivity contribution < 1.29 is 19.2 Å². The Kier molecular flexibility index (Phi) is 9.20. The van der Waals surface area contributed by atoms with Crippen LogP contribution in [0.25, 0.3) is 0 Å². The van der Waals surface area contributed by atoms with Gasteiger partial charge in [0.25, 0.3) is 0 Å². The largest absolute Gasteiger partial charge is 0.448 e. The molecule has 1 rings (SSSR count). The summed E-state index contributed by atoms with van der Waals surface area (Å²) in [6.07, 6.45) is 2.36. The molecule has 0 aromatic carbocycles. The number of nitrogens with one attached hydrogen (secondary N) is 2. The number of likely N-dealkylation sites (N-methyl/N-ethyl adjacent to an activating group) is 1. The van der Waals surface area contributed by atoms with Crippen LogP contribution in [0.1, 0.15) is 60.3 Å². The molecule has 1 saturated carbocycles. The van der Waals surface area contributed by atoms with Gasteiger partial charge in [0.1, 0.15) is 6.61 Å². The van der Waals surface area contributed by atoms with E-state index in [2.05, 4.69) is 36.6 Å². The van der Waals surface area contributed by atoms with Gasteiger partial charge >= 0.3 is 12.2 Å². The van der Waals surface area contributed by atoms with Crippen molar-refractivity contribution in [2.24, 2.45) is 16.0 Å². The van der Waals surface area contributed by atoms with Crippen molar-refractivity contribution in [2.45, 2.75) is 66.3 Å². The average Bonchev–Trinajstić information content (AvgIpc) is 2.55. The van der Waals surface area contributed by atoms with Crippen LogP contribution in [-0.2, 0) is 9.57 Å². The number of alkyl carbamates (subject to hydrolysis) is 1. The monoisotopic (exact) mass is 398 g/mol. The number of oxime groups is 1. The van der Waals surface area contributed by atoms with Crippen molar-refractivity contribution in [1.29, 1.82) is 0 Å². The highest BCUT2D eigenvalue weighted by Crippen LogP contribution is 2.45. The first-order chi connectivity index (χ1) is 12.9. The number of carbonyl (C=O) groups excluding carboxylic acids is 2. The summed E-state index contributed by atoms with van der Waals surface area (Å²) in [5.74, 6) is 0. The highest BCUT2D eigenvalue weighted by molar-refractivity contribution is 5.81. The molecule has 8 nitrogen and oxygen atoms in total. The maximum atomic E-state index is 12.1. The van der Waals surface area contributed by atoms with Crippen LogP contribution in [0, 0.1) is 10.8 Å². The van der Waals surface area contributed by atoms with E-state index in [-0.39, 0.29) is 23.0 Å². The Morgan fingerprint density at radius 3 is 2.46 bits per heavy atom. The van der Waals surface area contributed by atoms with Crippen LogP contribution in [0.3, 0.4) is 0 Å². The zero-order chi connectivity index (χ0) is 21.4. The molecule has 2 amide bonds. The lowest BCUT2D eigenvalue weighted by atomic mass is 9.62. The van der Waals surface area contributed by atoms with Crippen LogP contribution < -0.4 is 10.6 Å². The van der Waals surface area contributed by atoms with Crippen LogP contribution in [0.15, 0.2) is 5.16 Å². The Labute approximate surface area is 169 Å². The molecule has 1 aliphatic rings. The van der Waals surface area contributed by atoms with Gasteiger partial charge in [0.15, 0.2) is 0 Å². The van der Waals surface area contributed by atoms with Gasteiger partial charge in [-0.1, -0.05) is 32.9 Å². The molecule has 0 aromatic rings. The van der Waals surface area contributed by atoms with Crippen LogP contribution in [-0.4, -0.2) is 62.6 Å². The first kappa shape index (κ1) is 24.2. The molecule has 0 aliphatic heterocycles. The van der Waals surface area contributed by atoms with Crippen molar-refractivity contribution in [3.05, 3.63) is 0 Å². The predicted molar refractivity (Wildman–Crippen MR) is 110 cm³/mol. The highest BCUT2D eigenvalue weighted by Gasteiger charge is 2.42. The van der Waals surface area contributed by atoms with Crippen LogP contribution in [0.2, 0.25) is 0 Å². The van der Waals surface area contributed by atoms with Crippen LogP contribution in [0.4, 0.5) is 9.59 Å². The van der Waals surface area contributed by atoms with Gasteiger partial charge in [-0.3, -0.25) is 4.84 Å². The van der Waals surface area contributed by atoms with Crippen LogP contribution in [0.5, 0.6) is 0 Å². The van der Waals surface area contributed by atoms with Crippen LogP contribution >= 0.6 is 0 Å². The van der Waals surface area contributed by atoms with Gasteiger partial charge in [0, 0.05) is 19.1 Å². The molecule has 0 spiro atoms. The van der Waals surface area contributed by atoms with Gasteiger partial charge in [-0.2, -0.15) is 0 Å². The standard InChI is InChI=1S/C20H38N4O4/c1-8-15(2)23-28-17(25)21-14-20(5)12-16(11-19(3,4)13-20)22-18(26)27-10-9-24(6)7/h16H,8-14H2,1-7H3,(H,21,25)(H,22,26)/b23-15+. The third-order valence-electron chi connectivity index (χ3n) is 4.99. The first-order valence-electron chi connectivity index (χ1n) is 10.0. The van der Waals surface area contributed by atoms with E-state index in [4.69, 9.17) is 9.57 Å². The summed E-state index contributed by atoms with van der Waals surface area (Å²) in [6, 6.07) is -0.00113. The molecule has 0 heterocycles. The topological polar surface area (TPSA) is 92.3 Å². The fraction of sp³-hybridized carbons (Fsp3) is 0.850. The van der Waals surface area contributed by atoms with Crippen molar-refractivity contribution in [3.8, 4) is 0 Å². The summed E-state index contributed by atoms with van der Waals surface area (Å²) in [6.45, 7) is 11.8. The lowest BCUT2D eigenvalue weighted by Crippen LogP contribution is -2.50. The second kappa shape index (κ2) is 10.6. The SMILES string of the molecule is CC/C(C)=N/OC(=O)NCC1(C)CC(NC(=O)OCCN(C)C)CC(C)(C)C1. The molecule has 162 valence electrons. The number of carbonyl (C=O) groups is 2. The second-order valence-corrected chi connectivity index (χ2v) is 9.25. The zero-order valence-electron chi connectivity index (χ0n) is 18.6. The second-order valence-electron chi connectivity index (χ2n) is 9.25. The molecule has 0 saturated heterocycles. The van der Waals surface area contributed by atoms with E-state index < -0.39 is 6.09 Å². The molecule has 2 atom stereocenters. The molecule has 2 N–H and O–H groups in total. The maximum Gasteiger partial charge on any atom is 0.433 e. The molecule has 1 fully saturated rings. The molecule has 1 aliphatic carbocycles. The van der Waals surface area contributed by atoms with E-state index in [1.54, 1.807) is 0 Å². The Morgan fingerprint density at radius 2 is 1.86 bits per heavy atom. The number of nitrogens with zero attached hydrogens (tertiary/aromatic N) is 2. The first-order valence-corrected chi connectivity index (χ1v) is 10.0. The lowest BCUT2D eigenvalue weighted by molar-refractivity contribution is 0.0619. The lowest BCUT2D eigenvalue weighted by Gasteiger charge is -2.46. The maximum absolute atomic E-state index is 12.1. The Balaban J connectivity index is 2.58. The van der Waals surface area contributed by atoms with E-state index >= 15 is 0 Å². The molecule has 0 bridgehead atoms. The molecular formula is C20H38N4O4. The van der Waals surface area contributed by atoms with Crippen molar-refractivity contribution in [2.75, 3.05) is 33.8 Å². The van der Waals surface area contributed by atoms with E-state index in [1.807, 2.05) is 32.8 Å². The minimum absolute atomic E-state index is 0.00113. The number of ether oxygens (including phenoxy) is 1. The normalized spacial score (nSPS) is 24.6. The van der Waals surface area contributed by atoms with Crippen molar-refractivity contribution in [3.63, 3.8) is 0 Å². The van der Waals surface area contributed by atoms with Gasteiger partial charge in [-0.15, -0.1) is 0 Å². The minimum atomic E-state index is -0.551. The van der Waals surface area contributed by atoms with Gasteiger partial charge in [-0.25, -0.2) is 9.59 Å². The predicted octanol–water partition coefficient (Wildman–Crippen LogP) is 3.37. The van der Waals surface area contributed by atoms with Gasteiger partial charge < -0.3 is 20.3 Å². The average molecular weight is 399 g/mol. The fourth-order valence-electron chi connectivity index (χ4n) is 3.90. The third kappa shape index (κ3) is 9.39. The number of hydrogen-bond donors (Lipinski definition) is 2. The van der Waals surface area contributed by atoms with E-state index in [1.165, 1.54) is 0 Å². The molecule has 28 heavy (non-hydrogen) atoms. The smallest absolute Gasteiger partial charge is 0.433 e. The molecule has 0 aromatic heterocycles. The number of rotatable bonds is 8. The molecule has 2 unspecified atom stereocenters. The zero-order valence-corrected chi connectivity index (χ0v) is 18.6. The summed E-state index contributed by atoms with van der Waals surface area (Å²) in [5.41, 5.74) is 0.639. The summed E-state index contributed by atoms with van der Waals surface area (Å²) in [4.78, 5) is 30.9. The summed E-state index contributed by atoms with van der Waals surface area (Å²) < 4.78 is 5.26. The number of amides is 2. The Morgan fingerprint density at radius 1 is 1.18 bits per heavy atom. The quantitative estimate of drug-likeness (QED) is 0.371. The number of hydrogen-bond acceptors (Lipinski definition) is 6. The van der Waals surface area contributed by atoms with Gasteiger partial charge in [-0.05, 0) is 57.5 Å². The summed E-state index contributed by atoms with van der Waals surface area (Å²) in [7, 11) is 3.87. The van der Waals surface area contributed by atoms with Crippen molar-refractivity contribution >= 4 is 17.9 Å². The Bertz CT molecular complexity index is 562. The molecule has 8 heteroatoms.